The molecule has 0 spiro atoms. The highest BCUT2D eigenvalue weighted by atomic mass is 32.1. The lowest BCUT2D eigenvalue weighted by atomic mass is 10.2. The van der Waals surface area contributed by atoms with Crippen LogP contribution in [0.1, 0.15) is 5.56 Å². The Morgan fingerprint density at radius 2 is 2.07 bits per heavy atom. The van der Waals surface area contributed by atoms with E-state index in [-0.39, 0.29) is 0 Å². The van der Waals surface area contributed by atoms with E-state index in [9.17, 15) is 4.79 Å². The van der Waals surface area contributed by atoms with Crippen LogP contribution in [0.4, 0.5) is 5.69 Å². The van der Waals surface area contributed by atoms with E-state index in [2.05, 4.69) is 22.4 Å². The monoisotopic (exact) mass is 204 g/mol. The number of nitrogens with two attached hydrogens (primary N) is 1. The van der Waals surface area contributed by atoms with Crippen LogP contribution in [0.3, 0.4) is 0 Å². The summed E-state index contributed by atoms with van der Waals surface area (Å²) in [5.74, 6) is -0.467. The molecule has 0 saturated heterocycles. The zero-order chi connectivity index (χ0) is 10.4. The van der Waals surface area contributed by atoms with Gasteiger partial charge in [0.1, 0.15) is 0 Å². The number of thiocarbonyl (C=S) groups is 1. The average molecular weight is 204 g/mol. The first kappa shape index (κ1) is 10.3. The number of benzene rings is 1. The van der Waals surface area contributed by atoms with Crippen molar-refractivity contribution in [3.63, 3.8) is 0 Å². The molecular formula is C10H8N2OS. The Bertz CT molecular complexity index is 403. The van der Waals surface area contributed by atoms with Crippen molar-refractivity contribution in [2.45, 2.75) is 0 Å². The third kappa shape index (κ3) is 3.31. The largest absolute Gasteiger partial charge is 0.366 e. The van der Waals surface area contributed by atoms with Gasteiger partial charge in [0.05, 0.1) is 10.8 Å². The smallest absolute Gasteiger partial charge is 0.241 e. The summed E-state index contributed by atoms with van der Waals surface area (Å²) in [6, 6.07) is 7.18. The van der Waals surface area contributed by atoms with Crippen molar-refractivity contribution in [1.29, 1.82) is 0 Å². The molecule has 0 bridgehead atoms. The molecule has 0 saturated carbocycles. The van der Waals surface area contributed by atoms with Crippen LogP contribution in [0.2, 0.25) is 0 Å². The summed E-state index contributed by atoms with van der Waals surface area (Å²) in [5, 5.41) is 2.27. The summed E-state index contributed by atoms with van der Waals surface area (Å²) >= 11 is 4.46. The van der Waals surface area contributed by atoms with Crippen molar-refractivity contribution in [2.75, 3.05) is 0 Å². The molecule has 1 aromatic carbocycles. The molecule has 1 amide bonds. The lowest BCUT2D eigenvalue weighted by molar-refractivity contribution is -0.113. The summed E-state index contributed by atoms with van der Waals surface area (Å²) in [4.78, 5) is 14.2. The molecule has 0 aliphatic heterocycles. The fraction of sp³-hybridized carbons (Fsp3) is 0. The number of primary amides is 1. The lowest BCUT2D eigenvalue weighted by Crippen LogP contribution is -2.04. The van der Waals surface area contributed by atoms with Crippen molar-refractivity contribution in [3.8, 4) is 0 Å². The van der Waals surface area contributed by atoms with E-state index in [0.29, 0.717) is 0 Å². The van der Waals surface area contributed by atoms with Crippen LogP contribution >= 0.6 is 12.2 Å². The van der Waals surface area contributed by atoms with Gasteiger partial charge in [-0.25, -0.2) is 0 Å². The van der Waals surface area contributed by atoms with E-state index >= 15 is 0 Å². The van der Waals surface area contributed by atoms with E-state index < -0.39 is 5.91 Å². The Balaban J connectivity index is 2.83. The van der Waals surface area contributed by atoms with Crippen molar-refractivity contribution in [3.05, 3.63) is 35.9 Å². The first-order valence-electron chi connectivity index (χ1n) is 3.88. The van der Waals surface area contributed by atoms with Crippen molar-refractivity contribution < 1.29 is 4.79 Å². The first-order chi connectivity index (χ1) is 6.72. The summed E-state index contributed by atoms with van der Waals surface area (Å²) in [5.41, 5.74) is 6.56. The summed E-state index contributed by atoms with van der Waals surface area (Å²) in [6.45, 7) is 0. The molecule has 70 valence electrons. The maximum absolute atomic E-state index is 10.4. The van der Waals surface area contributed by atoms with E-state index in [0.717, 1.165) is 11.3 Å². The predicted octanol–water partition coefficient (Wildman–Crippen LogP) is 1.92. The third-order valence-corrected chi connectivity index (χ3v) is 1.60. The van der Waals surface area contributed by atoms with Crippen molar-refractivity contribution >= 4 is 35.0 Å². The zero-order valence-corrected chi connectivity index (χ0v) is 8.12. The number of nitrogens with zero attached hydrogens (tertiary/aromatic N) is 1. The molecule has 0 aliphatic carbocycles. The van der Waals surface area contributed by atoms with Crippen LogP contribution in [-0.2, 0) is 4.79 Å². The molecule has 3 nitrogen and oxygen atoms in total. The van der Waals surface area contributed by atoms with Gasteiger partial charge in [-0.2, -0.15) is 4.99 Å². The van der Waals surface area contributed by atoms with E-state index in [1.807, 2.05) is 12.1 Å². The Hall–Kier alpha value is -1.77. The molecule has 14 heavy (non-hydrogen) atoms. The molecule has 0 aromatic heterocycles. The molecule has 4 heteroatoms. The minimum atomic E-state index is -0.467. The highest BCUT2D eigenvalue weighted by Gasteiger charge is 1.89. The summed E-state index contributed by atoms with van der Waals surface area (Å²) in [7, 11) is 0. The maximum atomic E-state index is 10.4. The van der Waals surface area contributed by atoms with E-state index in [1.165, 1.54) is 6.08 Å². The number of carbonyl (C=O) groups is 1. The second-order valence-electron chi connectivity index (χ2n) is 2.53. The first-order valence-corrected chi connectivity index (χ1v) is 4.28. The Morgan fingerprint density at radius 3 is 2.57 bits per heavy atom. The lowest BCUT2D eigenvalue weighted by Gasteiger charge is -1.93. The van der Waals surface area contributed by atoms with Gasteiger partial charge in [-0.3, -0.25) is 4.79 Å². The molecule has 0 atom stereocenters. The van der Waals surface area contributed by atoms with Gasteiger partial charge in [0, 0.05) is 6.08 Å². The Morgan fingerprint density at radius 1 is 1.43 bits per heavy atom. The highest BCUT2D eigenvalue weighted by Crippen LogP contribution is 2.12. The third-order valence-electron chi connectivity index (χ3n) is 1.51. The number of hydrogen-bond acceptors (Lipinski definition) is 3. The van der Waals surface area contributed by atoms with Gasteiger partial charge in [-0.05, 0) is 36.0 Å². The van der Waals surface area contributed by atoms with Gasteiger partial charge in [-0.1, -0.05) is 12.1 Å². The van der Waals surface area contributed by atoms with Crippen LogP contribution < -0.4 is 5.73 Å². The minimum absolute atomic E-state index is 0.467. The number of carbonyl (C=O) groups excluding carboxylic acids is 1. The fourth-order valence-corrected chi connectivity index (χ4v) is 0.996. The number of isothiocyanates is 1. The maximum Gasteiger partial charge on any atom is 0.241 e. The topological polar surface area (TPSA) is 55.5 Å². The normalized spacial score (nSPS) is 9.71. The van der Waals surface area contributed by atoms with Crippen LogP contribution in [0.25, 0.3) is 6.08 Å². The number of aliphatic imine (C=N–C) groups is 1. The Kier molecular flexibility index (Phi) is 3.73. The van der Waals surface area contributed by atoms with Gasteiger partial charge >= 0.3 is 0 Å². The Labute approximate surface area is 87.0 Å². The second-order valence-corrected chi connectivity index (χ2v) is 2.71. The van der Waals surface area contributed by atoms with Crippen molar-refractivity contribution in [2.24, 2.45) is 10.7 Å². The molecule has 0 aliphatic rings. The van der Waals surface area contributed by atoms with Crippen LogP contribution in [0, 0.1) is 0 Å². The van der Waals surface area contributed by atoms with Gasteiger partial charge in [0.15, 0.2) is 0 Å². The van der Waals surface area contributed by atoms with Crippen molar-refractivity contribution in [1.82, 2.24) is 0 Å². The van der Waals surface area contributed by atoms with Gasteiger partial charge in [-0.15, -0.1) is 0 Å². The number of amides is 1. The highest BCUT2D eigenvalue weighted by molar-refractivity contribution is 7.78. The molecule has 1 aromatic rings. The number of hydrogen-bond donors (Lipinski definition) is 1. The number of rotatable bonds is 3. The SMILES string of the molecule is NC(=O)C=Cc1ccc(N=C=S)cc1. The fourth-order valence-electron chi connectivity index (χ4n) is 0.891. The van der Waals surface area contributed by atoms with Gasteiger partial charge in [0.25, 0.3) is 0 Å². The summed E-state index contributed by atoms with van der Waals surface area (Å²) < 4.78 is 0. The molecule has 2 N–H and O–H groups in total. The van der Waals surface area contributed by atoms with Crippen LogP contribution in [0.5, 0.6) is 0 Å². The van der Waals surface area contributed by atoms with Crippen LogP contribution in [0.15, 0.2) is 35.3 Å². The quantitative estimate of drug-likeness (QED) is 0.464. The van der Waals surface area contributed by atoms with E-state index in [1.54, 1.807) is 18.2 Å². The standard InChI is InChI=1S/C10H8N2OS/c11-10(13)6-3-8-1-4-9(5-2-8)12-7-14/h1-6H,(H2,11,13). The van der Waals surface area contributed by atoms with Gasteiger partial charge in [0.2, 0.25) is 5.91 Å². The predicted molar refractivity (Wildman–Crippen MR) is 59.4 cm³/mol. The molecule has 0 radical (unpaired) electrons. The van der Waals surface area contributed by atoms with E-state index in [4.69, 9.17) is 5.73 Å². The molecule has 1 rings (SSSR count). The molecule has 0 fully saturated rings. The minimum Gasteiger partial charge on any atom is -0.366 e. The molecule has 0 heterocycles. The second kappa shape index (κ2) is 5.07. The molecule has 0 unspecified atom stereocenters. The van der Waals surface area contributed by atoms with Crippen LogP contribution in [-0.4, -0.2) is 11.1 Å². The zero-order valence-electron chi connectivity index (χ0n) is 7.31. The van der Waals surface area contributed by atoms with Gasteiger partial charge < -0.3 is 5.73 Å². The summed E-state index contributed by atoms with van der Waals surface area (Å²) in [6.07, 6.45) is 2.94. The molecular weight excluding hydrogens is 196 g/mol. The average Bonchev–Trinajstić information content (AvgIpc) is 2.17.